The SMILES string of the molecule is CCCCCCCCN1C(=O)C(c2ccc([N+](=O)[O-])cc2)=C(N2CCCC2)C1=O. The Balaban J connectivity index is 1.79. The molecule has 7 heteroatoms. The number of carbonyl (C=O) groups is 2. The van der Waals surface area contributed by atoms with Crippen molar-refractivity contribution in [2.75, 3.05) is 19.6 Å². The summed E-state index contributed by atoms with van der Waals surface area (Å²) in [6, 6.07) is 5.92. The third-order valence-electron chi connectivity index (χ3n) is 5.67. The molecule has 2 heterocycles. The lowest BCUT2D eigenvalue weighted by Gasteiger charge is -2.20. The van der Waals surface area contributed by atoms with E-state index in [2.05, 4.69) is 6.92 Å². The first-order valence-corrected chi connectivity index (χ1v) is 10.6. The summed E-state index contributed by atoms with van der Waals surface area (Å²) in [6.07, 6.45) is 8.50. The maximum absolute atomic E-state index is 13.2. The third kappa shape index (κ3) is 4.66. The number of imide groups is 1. The smallest absolute Gasteiger partial charge is 0.277 e. The maximum atomic E-state index is 13.2. The number of nitro groups is 1. The second-order valence-electron chi connectivity index (χ2n) is 7.75. The fraction of sp³-hybridized carbons (Fsp3) is 0.545. The zero-order valence-electron chi connectivity index (χ0n) is 17.1. The average molecular weight is 399 g/mol. The molecule has 1 aromatic rings. The van der Waals surface area contributed by atoms with E-state index in [1.54, 1.807) is 12.1 Å². The number of hydrogen-bond donors (Lipinski definition) is 0. The molecule has 0 saturated carbocycles. The van der Waals surface area contributed by atoms with Gasteiger partial charge in [-0.1, -0.05) is 39.0 Å². The van der Waals surface area contributed by atoms with Gasteiger partial charge in [0.1, 0.15) is 5.70 Å². The van der Waals surface area contributed by atoms with Crippen molar-refractivity contribution < 1.29 is 14.5 Å². The first-order chi connectivity index (χ1) is 14.0. The molecule has 29 heavy (non-hydrogen) atoms. The highest BCUT2D eigenvalue weighted by atomic mass is 16.6. The molecular weight excluding hydrogens is 370 g/mol. The lowest BCUT2D eigenvalue weighted by molar-refractivity contribution is -0.384. The van der Waals surface area contributed by atoms with Crippen LogP contribution in [0.5, 0.6) is 0 Å². The Hall–Kier alpha value is -2.70. The lowest BCUT2D eigenvalue weighted by atomic mass is 10.0. The largest absolute Gasteiger partial charge is 0.366 e. The molecule has 0 aromatic heterocycles. The molecule has 7 nitrogen and oxygen atoms in total. The monoisotopic (exact) mass is 399 g/mol. The van der Waals surface area contributed by atoms with E-state index >= 15 is 0 Å². The molecule has 1 saturated heterocycles. The second kappa shape index (κ2) is 9.67. The highest BCUT2D eigenvalue weighted by molar-refractivity contribution is 6.35. The standard InChI is InChI=1S/C22H29N3O4/c1-2-3-4-5-6-7-16-24-21(26)19(17-10-12-18(13-11-17)25(28)29)20(22(24)27)23-14-8-9-15-23/h10-13H,2-9,14-16H2,1H3. The number of unbranched alkanes of at least 4 members (excludes halogenated alkanes) is 5. The Morgan fingerprint density at radius 3 is 2.17 bits per heavy atom. The van der Waals surface area contributed by atoms with Crippen LogP contribution in [-0.2, 0) is 9.59 Å². The van der Waals surface area contributed by atoms with Crippen LogP contribution in [0.15, 0.2) is 30.0 Å². The minimum atomic E-state index is -0.466. The normalized spacial score (nSPS) is 17.0. The van der Waals surface area contributed by atoms with Crippen LogP contribution in [0.4, 0.5) is 5.69 Å². The van der Waals surface area contributed by atoms with Gasteiger partial charge in [-0.3, -0.25) is 24.6 Å². The summed E-state index contributed by atoms with van der Waals surface area (Å²) in [6.45, 7) is 4.12. The average Bonchev–Trinajstić information content (AvgIpc) is 3.32. The van der Waals surface area contributed by atoms with Gasteiger partial charge in [-0.05, 0) is 37.0 Å². The van der Waals surface area contributed by atoms with Gasteiger partial charge in [0, 0.05) is 31.8 Å². The number of amides is 2. The number of carbonyl (C=O) groups excluding carboxylic acids is 2. The highest BCUT2D eigenvalue weighted by Crippen LogP contribution is 2.34. The van der Waals surface area contributed by atoms with Gasteiger partial charge in [-0.2, -0.15) is 0 Å². The van der Waals surface area contributed by atoms with E-state index in [1.165, 1.54) is 36.3 Å². The first kappa shape index (κ1) is 21.0. The van der Waals surface area contributed by atoms with Crippen molar-refractivity contribution in [1.82, 2.24) is 9.80 Å². The third-order valence-corrected chi connectivity index (χ3v) is 5.67. The van der Waals surface area contributed by atoms with Crippen LogP contribution in [0.1, 0.15) is 63.9 Å². The van der Waals surface area contributed by atoms with E-state index in [9.17, 15) is 19.7 Å². The van der Waals surface area contributed by atoms with Crippen molar-refractivity contribution >= 4 is 23.1 Å². The number of non-ortho nitro benzene ring substituents is 1. The fourth-order valence-corrected chi connectivity index (χ4v) is 4.06. The van der Waals surface area contributed by atoms with Gasteiger partial charge in [0.05, 0.1) is 10.5 Å². The van der Waals surface area contributed by atoms with Crippen LogP contribution >= 0.6 is 0 Å². The van der Waals surface area contributed by atoms with Gasteiger partial charge in [0.15, 0.2) is 0 Å². The zero-order valence-corrected chi connectivity index (χ0v) is 17.1. The Bertz CT molecular complexity index is 795. The Kier molecular flexibility index (Phi) is 7.01. The van der Waals surface area contributed by atoms with Gasteiger partial charge in [0.2, 0.25) is 0 Å². The lowest BCUT2D eigenvalue weighted by Crippen LogP contribution is -2.35. The van der Waals surface area contributed by atoms with E-state index in [4.69, 9.17) is 0 Å². The summed E-state index contributed by atoms with van der Waals surface area (Å²) in [4.78, 5) is 40.1. The van der Waals surface area contributed by atoms with E-state index in [1.807, 2.05) is 4.90 Å². The Morgan fingerprint density at radius 1 is 0.931 bits per heavy atom. The van der Waals surface area contributed by atoms with Crippen molar-refractivity contribution in [3.8, 4) is 0 Å². The summed E-state index contributed by atoms with van der Waals surface area (Å²) in [7, 11) is 0. The molecule has 1 aromatic carbocycles. The molecule has 0 radical (unpaired) electrons. The number of nitro benzene ring substituents is 1. The van der Waals surface area contributed by atoms with Gasteiger partial charge < -0.3 is 4.90 Å². The van der Waals surface area contributed by atoms with Crippen LogP contribution in [0.25, 0.3) is 5.57 Å². The minimum absolute atomic E-state index is 0.0298. The molecule has 0 bridgehead atoms. The second-order valence-corrected chi connectivity index (χ2v) is 7.75. The van der Waals surface area contributed by atoms with E-state index in [0.29, 0.717) is 23.4 Å². The van der Waals surface area contributed by atoms with Gasteiger partial charge in [-0.15, -0.1) is 0 Å². The molecule has 2 amide bonds. The predicted molar refractivity (Wildman–Crippen MR) is 111 cm³/mol. The molecule has 2 aliphatic heterocycles. The number of nitrogens with zero attached hydrogens (tertiary/aromatic N) is 3. The zero-order chi connectivity index (χ0) is 20.8. The van der Waals surface area contributed by atoms with Gasteiger partial charge >= 0.3 is 0 Å². The highest BCUT2D eigenvalue weighted by Gasteiger charge is 2.41. The summed E-state index contributed by atoms with van der Waals surface area (Å²) in [5.74, 6) is -0.502. The van der Waals surface area contributed by atoms with Crippen LogP contribution in [0, 0.1) is 10.1 Å². The molecule has 0 spiro atoms. The Morgan fingerprint density at radius 2 is 1.55 bits per heavy atom. The molecule has 3 rings (SSSR count). The molecule has 0 unspecified atom stereocenters. The summed E-state index contributed by atoms with van der Waals surface area (Å²) < 4.78 is 0. The van der Waals surface area contributed by atoms with Crippen molar-refractivity contribution in [2.24, 2.45) is 0 Å². The van der Waals surface area contributed by atoms with Gasteiger partial charge in [-0.25, -0.2) is 0 Å². The molecule has 156 valence electrons. The van der Waals surface area contributed by atoms with Crippen LogP contribution < -0.4 is 0 Å². The van der Waals surface area contributed by atoms with Crippen LogP contribution in [-0.4, -0.2) is 46.2 Å². The van der Waals surface area contributed by atoms with E-state index in [-0.39, 0.29) is 17.5 Å². The molecule has 2 aliphatic rings. The molecule has 0 aliphatic carbocycles. The predicted octanol–water partition coefficient (Wildman–Crippen LogP) is 4.13. The van der Waals surface area contributed by atoms with Gasteiger partial charge in [0.25, 0.3) is 17.5 Å². The van der Waals surface area contributed by atoms with Crippen LogP contribution in [0.2, 0.25) is 0 Å². The summed E-state index contributed by atoms with van der Waals surface area (Å²) >= 11 is 0. The molecule has 0 atom stereocenters. The summed E-state index contributed by atoms with van der Waals surface area (Å²) in [5, 5.41) is 10.9. The van der Waals surface area contributed by atoms with Crippen LogP contribution in [0.3, 0.4) is 0 Å². The summed E-state index contributed by atoms with van der Waals surface area (Å²) in [5.41, 5.74) is 1.39. The van der Waals surface area contributed by atoms with Crippen molar-refractivity contribution in [1.29, 1.82) is 0 Å². The van der Waals surface area contributed by atoms with E-state index in [0.717, 1.165) is 45.2 Å². The number of likely N-dealkylation sites (tertiary alicyclic amines) is 1. The first-order valence-electron chi connectivity index (χ1n) is 10.6. The van der Waals surface area contributed by atoms with E-state index < -0.39 is 4.92 Å². The minimum Gasteiger partial charge on any atom is -0.366 e. The Labute approximate surface area is 171 Å². The topological polar surface area (TPSA) is 83.8 Å². The van der Waals surface area contributed by atoms with Crippen molar-refractivity contribution in [2.45, 2.75) is 58.3 Å². The molecule has 0 N–H and O–H groups in total. The quantitative estimate of drug-likeness (QED) is 0.256. The fourth-order valence-electron chi connectivity index (χ4n) is 4.06. The number of hydrogen-bond acceptors (Lipinski definition) is 5. The molecular formula is C22H29N3O4. The molecule has 1 fully saturated rings. The maximum Gasteiger partial charge on any atom is 0.277 e. The number of benzene rings is 1. The van der Waals surface area contributed by atoms with Crippen molar-refractivity contribution in [3.63, 3.8) is 0 Å². The van der Waals surface area contributed by atoms with Crippen molar-refractivity contribution in [3.05, 3.63) is 45.6 Å². The number of rotatable bonds is 10.